The van der Waals surface area contributed by atoms with E-state index in [1.54, 1.807) is 23.5 Å². The van der Waals surface area contributed by atoms with Crippen LogP contribution in [0.2, 0.25) is 0 Å². The number of nitrogens with one attached hydrogen (secondary N) is 2. The Morgan fingerprint density at radius 1 is 0.923 bits per heavy atom. The minimum absolute atomic E-state index is 0.280. The van der Waals surface area contributed by atoms with Crippen LogP contribution < -0.4 is 4.74 Å². The molecular formula is C18H20N2O2S4. The van der Waals surface area contributed by atoms with E-state index in [0.29, 0.717) is 6.61 Å². The van der Waals surface area contributed by atoms with Gasteiger partial charge in [-0.3, -0.25) is 0 Å². The van der Waals surface area contributed by atoms with Gasteiger partial charge in [-0.05, 0) is 67.8 Å². The maximum absolute atomic E-state index is 9.10. The SMILES string of the molecule is CC.CCOc1ccc2[nH]c(=S)sc2c1.Oc1ccc2[nH]c(=S)sc2c1. The number of aromatic nitrogens is 2. The van der Waals surface area contributed by atoms with Gasteiger partial charge < -0.3 is 19.8 Å². The van der Waals surface area contributed by atoms with Gasteiger partial charge in [-0.2, -0.15) is 0 Å². The number of phenols is 1. The van der Waals surface area contributed by atoms with Gasteiger partial charge in [0, 0.05) is 0 Å². The monoisotopic (exact) mass is 424 g/mol. The molecule has 0 saturated heterocycles. The van der Waals surface area contributed by atoms with E-state index in [1.807, 2.05) is 45.0 Å². The van der Waals surface area contributed by atoms with Crippen LogP contribution in [-0.2, 0) is 0 Å². The van der Waals surface area contributed by atoms with Crippen LogP contribution in [0.15, 0.2) is 36.4 Å². The Kier molecular flexibility index (Phi) is 7.77. The summed E-state index contributed by atoms with van der Waals surface area (Å²) < 4.78 is 9.08. The molecule has 0 spiro atoms. The zero-order valence-corrected chi connectivity index (χ0v) is 17.9. The Labute approximate surface area is 170 Å². The van der Waals surface area contributed by atoms with Crippen LogP contribution in [0.1, 0.15) is 20.8 Å². The van der Waals surface area contributed by atoms with Crippen molar-refractivity contribution in [2.24, 2.45) is 0 Å². The molecule has 2 heterocycles. The number of ether oxygens (including phenoxy) is 1. The van der Waals surface area contributed by atoms with Crippen molar-refractivity contribution in [3.63, 3.8) is 0 Å². The third kappa shape index (κ3) is 5.38. The maximum Gasteiger partial charge on any atom is 0.159 e. The highest BCUT2D eigenvalue weighted by Crippen LogP contribution is 2.24. The summed E-state index contributed by atoms with van der Waals surface area (Å²) in [6.07, 6.45) is 0. The highest BCUT2D eigenvalue weighted by Gasteiger charge is 1.99. The minimum atomic E-state index is 0.280. The van der Waals surface area contributed by atoms with Crippen molar-refractivity contribution in [3.8, 4) is 11.5 Å². The number of benzene rings is 2. The molecule has 0 aliphatic rings. The Morgan fingerprint density at radius 2 is 1.46 bits per heavy atom. The van der Waals surface area contributed by atoms with E-state index >= 15 is 0 Å². The van der Waals surface area contributed by atoms with Gasteiger partial charge in [0.1, 0.15) is 11.5 Å². The predicted molar refractivity (Wildman–Crippen MR) is 118 cm³/mol. The quantitative estimate of drug-likeness (QED) is 0.302. The fraction of sp³-hybridized carbons (Fsp3) is 0.222. The largest absolute Gasteiger partial charge is 0.508 e. The second-order valence-electron chi connectivity index (χ2n) is 4.80. The Morgan fingerprint density at radius 3 is 2.04 bits per heavy atom. The van der Waals surface area contributed by atoms with E-state index in [-0.39, 0.29) is 5.75 Å². The summed E-state index contributed by atoms with van der Waals surface area (Å²) in [7, 11) is 0. The van der Waals surface area contributed by atoms with E-state index in [0.717, 1.165) is 34.1 Å². The van der Waals surface area contributed by atoms with Gasteiger partial charge in [0.05, 0.1) is 27.0 Å². The van der Waals surface area contributed by atoms with Crippen LogP contribution in [0, 0.1) is 7.91 Å². The van der Waals surface area contributed by atoms with Crippen LogP contribution in [0.25, 0.3) is 20.4 Å². The molecule has 138 valence electrons. The summed E-state index contributed by atoms with van der Waals surface area (Å²) in [5, 5.41) is 9.10. The molecule has 0 aliphatic heterocycles. The summed E-state index contributed by atoms with van der Waals surface area (Å²) in [6.45, 7) is 6.67. The normalized spacial score (nSPS) is 9.96. The molecule has 2 aromatic carbocycles. The number of thiazole rings is 2. The molecule has 3 N–H and O–H groups in total. The average Bonchev–Trinajstić information content (AvgIpc) is 3.17. The summed E-state index contributed by atoms with van der Waals surface area (Å²) >= 11 is 13.0. The Bertz CT molecular complexity index is 1090. The third-order valence-electron chi connectivity index (χ3n) is 3.11. The molecule has 8 heteroatoms. The number of fused-ring (bicyclic) bond motifs is 2. The second kappa shape index (κ2) is 9.82. The van der Waals surface area contributed by atoms with Crippen LogP contribution in [0.3, 0.4) is 0 Å². The number of phenolic OH excluding ortho intramolecular Hbond substituents is 1. The maximum atomic E-state index is 9.10. The van der Waals surface area contributed by atoms with Crippen molar-refractivity contribution in [1.29, 1.82) is 0 Å². The Hall–Kier alpha value is -1.74. The first-order valence-corrected chi connectivity index (χ1v) is 10.6. The minimum Gasteiger partial charge on any atom is -0.508 e. The zero-order chi connectivity index (χ0) is 19.1. The van der Waals surface area contributed by atoms with Gasteiger partial charge >= 0.3 is 0 Å². The van der Waals surface area contributed by atoms with E-state index in [2.05, 4.69) is 9.97 Å². The lowest BCUT2D eigenvalue weighted by Gasteiger charge is -2.00. The van der Waals surface area contributed by atoms with E-state index < -0.39 is 0 Å². The molecule has 0 saturated carbocycles. The smallest absolute Gasteiger partial charge is 0.159 e. The van der Waals surface area contributed by atoms with Gasteiger partial charge in [-0.1, -0.05) is 13.8 Å². The van der Waals surface area contributed by atoms with Crippen molar-refractivity contribution in [2.45, 2.75) is 20.8 Å². The molecule has 0 bridgehead atoms. The first-order chi connectivity index (χ1) is 12.5. The van der Waals surface area contributed by atoms with Crippen LogP contribution in [0.4, 0.5) is 0 Å². The highest BCUT2D eigenvalue weighted by atomic mass is 32.2. The lowest BCUT2D eigenvalue weighted by molar-refractivity contribution is 0.341. The summed E-state index contributed by atoms with van der Waals surface area (Å²) in [5.41, 5.74) is 2.07. The number of hydrogen-bond acceptors (Lipinski definition) is 6. The number of hydrogen-bond donors (Lipinski definition) is 3. The molecule has 0 atom stereocenters. The Balaban J connectivity index is 0.000000173. The second-order valence-corrected chi connectivity index (χ2v) is 8.24. The molecule has 4 aromatic rings. The molecule has 0 unspecified atom stereocenters. The van der Waals surface area contributed by atoms with E-state index in [4.69, 9.17) is 34.3 Å². The van der Waals surface area contributed by atoms with E-state index in [1.165, 1.54) is 11.3 Å². The number of aromatic hydroxyl groups is 1. The predicted octanol–water partition coefficient (Wildman–Crippen LogP) is 7.05. The average molecular weight is 425 g/mol. The van der Waals surface area contributed by atoms with Crippen molar-refractivity contribution in [3.05, 3.63) is 44.3 Å². The molecule has 0 aliphatic carbocycles. The van der Waals surface area contributed by atoms with Gasteiger partial charge in [0.2, 0.25) is 0 Å². The lowest BCUT2D eigenvalue weighted by Crippen LogP contribution is -1.89. The first-order valence-electron chi connectivity index (χ1n) is 8.12. The van der Waals surface area contributed by atoms with Crippen molar-refractivity contribution < 1.29 is 9.84 Å². The van der Waals surface area contributed by atoms with Crippen molar-refractivity contribution in [2.75, 3.05) is 6.61 Å². The fourth-order valence-electron chi connectivity index (χ4n) is 2.12. The topological polar surface area (TPSA) is 61.0 Å². The van der Waals surface area contributed by atoms with Crippen molar-refractivity contribution in [1.82, 2.24) is 9.97 Å². The molecule has 2 aromatic heterocycles. The highest BCUT2D eigenvalue weighted by molar-refractivity contribution is 7.74. The van der Waals surface area contributed by atoms with Crippen LogP contribution in [-0.4, -0.2) is 21.7 Å². The molecule has 0 fully saturated rings. The van der Waals surface area contributed by atoms with Crippen LogP contribution in [0.5, 0.6) is 11.5 Å². The lowest BCUT2D eigenvalue weighted by atomic mass is 10.3. The van der Waals surface area contributed by atoms with Gasteiger partial charge in [-0.25, -0.2) is 0 Å². The summed E-state index contributed by atoms with van der Waals surface area (Å²) in [4.78, 5) is 6.11. The summed E-state index contributed by atoms with van der Waals surface area (Å²) in [6, 6.07) is 11.1. The molecule has 26 heavy (non-hydrogen) atoms. The van der Waals surface area contributed by atoms with Gasteiger partial charge in [0.25, 0.3) is 0 Å². The first kappa shape index (κ1) is 20.6. The van der Waals surface area contributed by atoms with E-state index in [9.17, 15) is 0 Å². The molecular weight excluding hydrogens is 404 g/mol. The number of H-pyrrole nitrogens is 2. The van der Waals surface area contributed by atoms with Gasteiger partial charge in [0.15, 0.2) is 7.91 Å². The zero-order valence-electron chi connectivity index (χ0n) is 14.7. The fourth-order valence-corrected chi connectivity index (χ4v) is 4.41. The van der Waals surface area contributed by atoms with Gasteiger partial charge in [-0.15, -0.1) is 22.7 Å². The third-order valence-corrected chi connectivity index (χ3v) is 5.50. The number of aromatic amines is 2. The molecule has 4 rings (SSSR count). The van der Waals surface area contributed by atoms with Crippen molar-refractivity contribution >= 4 is 67.5 Å². The number of rotatable bonds is 2. The molecule has 0 radical (unpaired) electrons. The summed E-state index contributed by atoms with van der Waals surface area (Å²) in [5.74, 6) is 1.18. The van der Waals surface area contributed by atoms with Crippen LogP contribution >= 0.6 is 47.1 Å². The standard InChI is InChI=1S/C9H9NOS2.C7H5NOS2.C2H6/c1-2-11-6-3-4-7-8(5-6)13-9(12)10-7;9-4-1-2-5-6(3-4)11-7(10)8-5;1-2/h3-5H,2H2,1H3,(H,10,12);1-3,9H,(H,8,10);1-2H3. The molecule has 0 amide bonds. The molecule has 4 nitrogen and oxygen atoms in total.